The van der Waals surface area contributed by atoms with E-state index >= 15 is 0 Å². The molecule has 0 N–H and O–H groups in total. The molecule has 1 aliphatic rings. The van der Waals surface area contributed by atoms with Crippen LogP contribution in [0.2, 0.25) is 0 Å². The van der Waals surface area contributed by atoms with Gasteiger partial charge in [0.25, 0.3) is 0 Å². The van der Waals surface area contributed by atoms with Crippen LogP contribution in [-0.4, -0.2) is 45.0 Å². The number of hydrogen-bond acceptors (Lipinski definition) is 7. The largest absolute Gasteiger partial charge is 0.497 e. The topological polar surface area (TPSA) is 46.2 Å². The second-order valence-corrected chi connectivity index (χ2v) is 14.2. The Bertz CT molecular complexity index is 1490. The van der Waals surface area contributed by atoms with Gasteiger partial charge in [-0.3, -0.25) is 0 Å². The minimum Gasteiger partial charge on any atom is -0.497 e. The summed E-state index contributed by atoms with van der Waals surface area (Å²) in [6.45, 7) is 1.06. The van der Waals surface area contributed by atoms with Crippen LogP contribution in [0.15, 0.2) is 109 Å². The predicted octanol–water partition coefficient (Wildman–Crippen LogP) is 9.40. The van der Waals surface area contributed by atoms with Crippen molar-refractivity contribution < 1.29 is 23.7 Å². The van der Waals surface area contributed by atoms with E-state index in [4.69, 9.17) is 23.7 Å². The standard InChI is InChI=1S/C39H44O5S2/c1-40-34-20-17-33(18-21-34)39(45-23-10-24-46-39)27-36(44-29-32-13-8-5-9-14-32)26-35(43-28-31-11-6-4-7-12-31)19-15-30-16-22-37(41-2)38(25-30)42-3/h4-9,11-22,25,35-36H,10,23-24,26-29H2,1-3H3/b19-15+/t35-,36+/m1/s1. The molecule has 242 valence electrons. The van der Waals surface area contributed by atoms with E-state index in [-0.39, 0.29) is 16.3 Å². The second-order valence-electron chi connectivity index (χ2n) is 11.2. The Morgan fingerprint density at radius 3 is 1.93 bits per heavy atom. The molecule has 2 atom stereocenters. The van der Waals surface area contributed by atoms with Crippen LogP contribution < -0.4 is 14.2 Å². The zero-order valence-electron chi connectivity index (χ0n) is 26.9. The number of rotatable bonds is 16. The second kappa shape index (κ2) is 17.5. The lowest BCUT2D eigenvalue weighted by molar-refractivity contribution is -0.0173. The Balaban J connectivity index is 1.43. The lowest BCUT2D eigenvalue weighted by atomic mass is 10.00. The minimum atomic E-state index is -0.180. The van der Waals surface area contributed by atoms with E-state index in [1.165, 1.54) is 12.0 Å². The van der Waals surface area contributed by atoms with Gasteiger partial charge in [-0.2, -0.15) is 0 Å². The van der Waals surface area contributed by atoms with Crippen molar-refractivity contribution in [3.63, 3.8) is 0 Å². The number of hydrogen-bond donors (Lipinski definition) is 0. The molecule has 1 aliphatic heterocycles. The maximum atomic E-state index is 6.82. The van der Waals surface area contributed by atoms with E-state index in [0.29, 0.717) is 31.1 Å². The van der Waals surface area contributed by atoms with Crippen molar-refractivity contribution in [1.29, 1.82) is 0 Å². The maximum absolute atomic E-state index is 6.82. The van der Waals surface area contributed by atoms with E-state index in [1.54, 1.807) is 21.3 Å². The van der Waals surface area contributed by atoms with Crippen molar-refractivity contribution in [2.45, 2.75) is 48.8 Å². The molecule has 0 radical (unpaired) electrons. The summed E-state index contributed by atoms with van der Waals surface area (Å²) >= 11 is 4.08. The number of methoxy groups -OCH3 is 3. The van der Waals surface area contributed by atoms with Crippen LogP contribution in [0.3, 0.4) is 0 Å². The number of benzene rings is 4. The molecule has 5 nitrogen and oxygen atoms in total. The molecule has 0 aliphatic carbocycles. The van der Waals surface area contributed by atoms with Gasteiger partial charge in [-0.25, -0.2) is 0 Å². The van der Waals surface area contributed by atoms with E-state index in [9.17, 15) is 0 Å². The molecular weight excluding hydrogens is 613 g/mol. The van der Waals surface area contributed by atoms with Gasteiger partial charge in [0, 0.05) is 12.8 Å². The first-order valence-corrected chi connectivity index (χ1v) is 17.7. The molecule has 0 amide bonds. The summed E-state index contributed by atoms with van der Waals surface area (Å²) < 4.78 is 29.8. The van der Waals surface area contributed by atoms with Crippen LogP contribution in [0.5, 0.6) is 17.2 Å². The third-order valence-corrected chi connectivity index (χ3v) is 11.5. The molecule has 7 heteroatoms. The Kier molecular flexibility index (Phi) is 13.0. The van der Waals surface area contributed by atoms with Gasteiger partial charge in [0.2, 0.25) is 0 Å². The highest BCUT2D eigenvalue weighted by molar-refractivity contribution is 8.18. The summed E-state index contributed by atoms with van der Waals surface area (Å²) in [4.78, 5) is 0. The fourth-order valence-corrected chi connectivity index (χ4v) is 9.00. The van der Waals surface area contributed by atoms with Gasteiger partial charge >= 0.3 is 0 Å². The molecule has 1 fully saturated rings. The maximum Gasteiger partial charge on any atom is 0.161 e. The van der Waals surface area contributed by atoms with Crippen molar-refractivity contribution >= 4 is 29.6 Å². The lowest BCUT2D eigenvalue weighted by Crippen LogP contribution is -2.32. The summed E-state index contributed by atoms with van der Waals surface area (Å²) in [6.07, 6.45) is 6.80. The predicted molar refractivity (Wildman–Crippen MR) is 192 cm³/mol. The normalized spacial score (nSPS) is 15.7. The molecule has 4 aromatic rings. The highest BCUT2D eigenvalue weighted by Crippen LogP contribution is 2.54. The van der Waals surface area contributed by atoms with E-state index in [2.05, 4.69) is 84.9 Å². The van der Waals surface area contributed by atoms with Crippen LogP contribution in [-0.2, 0) is 26.8 Å². The summed E-state index contributed by atoms with van der Waals surface area (Å²) in [5.41, 5.74) is 4.62. The number of ether oxygens (including phenoxy) is 5. The van der Waals surface area contributed by atoms with Gasteiger partial charge in [-0.15, -0.1) is 23.5 Å². The molecule has 1 saturated heterocycles. The Morgan fingerprint density at radius 1 is 0.696 bits per heavy atom. The quantitative estimate of drug-likeness (QED) is 0.119. The van der Waals surface area contributed by atoms with Crippen molar-refractivity contribution in [2.24, 2.45) is 0 Å². The third-order valence-electron chi connectivity index (χ3n) is 8.03. The summed E-state index contributed by atoms with van der Waals surface area (Å²) in [6, 6.07) is 35.3. The first kappa shape index (κ1) is 34.0. The van der Waals surface area contributed by atoms with Gasteiger partial charge in [0.05, 0.1) is 50.8 Å². The molecule has 0 saturated carbocycles. The van der Waals surface area contributed by atoms with E-state index < -0.39 is 0 Å². The highest BCUT2D eigenvalue weighted by atomic mass is 32.2. The molecule has 0 unspecified atom stereocenters. The van der Waals surface area contributed by atoms with Gasteiger partial charge in [0.1, 0.15) is 5.75 Å². The third kappa shape index (κ3) is 9.58. The van der Waals surface area contributed by atoms with Crippen molar-refractivity contribution in [2.75, 3.05) is 32.8 Å². The van der Waals surface area contributed by atoms with Crippen molar-refractivity contribution in [3.8, 4) is 17.2 Å². The molecule has 4 aromatic carbocycles. The molecular formula is C39H44O5S2. The average molecular weight is 657 g/mol. The van der Waals surface area contributed by atoms with Crippen molar-refractivity contribution in [3.05, 3.63) is 131 Å². The molecule has 46 heavy (non-hydrogen) atoms. The molecule has 0 spiro atoms. The zero-order valence-corrected chi connectivity index (χ0v) is 28.6. The smallest absolute Gasteiger partial charge is 0.161 e. The van der Waals surface area contributed by atoms with Crippen molar-refractivity contribution in [1.82, 2.24) is 0 Å². The zero-order chi connectivity index (χ0) is 32.0. The Hall–Kier alpha value is -3.36. The van der Waals surface area contributed by atoms with Crippen LogP contribution >= 0.6 is 23.5 Å². The first-order chi connectivity index (χ1) is 22.6. The molecule has 1 heterocycles. The van der Waals surface area contributed by atoms with E-state index in [0.717, 1.165) is 40.4 Å². The average Bonchev–Trinajstić information content (AvgIpc) is 3.12. The summed E-state index contributed by atoms with van der Waals surface area (Å²) in [5, 5.41) is 0. The van der Waals surface area contributed by atoms with Gasteiger partial charge in [-0.05, 0) is 64.4 Å². The lowest BCUT2D eigenvalue weighted by Gasteiger charge is -2.39. The SMILES string of the molecule is COc1ccc(C2(C[C@H](C[C@@H](/C=C/c3ccc(OC)c(OC)c3)OCc3ccccc3)OCc3ccccc3)SCCCS2)cc1. The van der Waals surface area contributed by atoms with Gasteiger partial charge < -0.3 is 23.7 Å². The minimum absolute atomic E-state index is 0.0590. The fourth-order valence-electron chi connectivity index (χ4n) is 5.53. The van der Waals surface area contributed by atoms with Crippen LogP contribution in [0.1, 0.15) is 41.5 Å². The highest BCUT2D eigenvalue weighted by Gasteiger charge is 2.39. The molecule has 0 aromatic heterocycles. The van der Waals surface area contributed by atoms with Crippen LogP contribution in [0, 0.1) is 0 Å². The fraction of sp³-hybridized carbons (Fsp3) is 0.333. The van der Waals surface area contributed by atoms with Crippen LogP contribution in [0.4, 0.5) is 0 Å². The summed E-state index contributed by atoms with van der Waals surface area (Å²) in [7, 11) is 5.02. The summed E-state index contributed by atoms with van der Waals surface area (Å²) in [5.74, 6) is 4.52. The van der Waals surface area contributed by atoms with Crippen LogP contribution in [0.25, 0.3) is 6.08 Å². The molecule has 5 rings (SSSR count). The Morgan fingerprint density at radius 2 is 1.33 bits per heavy atom. The number of thioether (sulfide) groups is 2. The monoisotopic (exact) mass is 656 g/mol. The van der Waals surface area contributed by atoms with E-state index in [1.807, 2.05) is 53.9 Å². The molecule has 0 bridgehead atoms. The first-order valence-electron chi connectivity index (χ1n) is 15.7. The van der Waals surface area contributed by atoms with Gasteiger partial charge in [-0.1, -0.05) is 91.0 Å². The Labute approximate surface area is 282 Å². The van der Waals surface area contributed by atoms with Gasteiger partial charge in [0.15, 0.2) is 11.5 Å².